The topological polar surface area (TPSA) is 21.3 Å². The Morgan fingerprint density at radius 2 is 2.05 bits per heavy atom. The van der Waals surface area contributed by atoms with Crippen LogP contribution in [-0.2, 0) is 4.74 Å². The van der Waals surface area contributed by atoms with E-state index in [1.807, 2.05) is 12.1 Å². The number of halogens is 2. The molecule has 1 N–H and O–H groups in total. The fourth-order valence-corrected chi connectivity index (χ4v) is 3.96. The van der Waals surface area contributed by atoms with Gasteiger partial charge < -0.3 is 10.1 Å². The first-order chi connectivity index (χ1) is 9.68. The average molecular weight is 358 g/mol. The van der Waals surface area contributed by atoms with Crippen molar-refractivity contribution in [2.24, 2.45) is 5.92 Å². The molecule has 2 atom stereocenters. The monoisotopic (exact) mass is 357 g/mol. The van der Waals surface area contributed by atoms with E-state index in [2.05, 4.69) is 55.9 Å². The third-order valence-corrected chi connectivity index (χ3v) is 4.90. The van der Waals surface area contributed by atoms with E-state index in [1.54, 1.807) is 6.07 Å². The Labute approximate surface area is 135 Å². The van der Waals surface area contributed by atoms with E-state index in [0.29, 0.717) is 10.0 Å². The van der Waals surface area contributed by atoms with Crippen molar-refractivity contribution in [1.82, 2.24) is 5.32 Å². The van der Waals surface area contributed by atoms with Gasteiger partial charge in [-0.25, -0.2) is 4.39 Å². The molecule has 1 fully saturated rings. The second kappa shape index (κ2) is 5.98. The lowest BCUT2D eigenvalue weighted by Gasteiger charge is -2.34. The van der Waals surface area contributed by atoms with E-state index >= 15 is 0 Å². The molecule has 1 aromatic rings. The molecule has 118 valence electrons. The summed E-state index contributed by atoms with van der Waals surface area (Å²) in [5, 5.41) is 3.46. The first-order valence-electron chi connectivity index (χ1n) is 7.55. The predicted octanol–water partition coefficient (Wildman–Crippen LogP) is 4.83. The maximum absolute atomic E-state index is 14.5. The summed E-state index contributed by atoms with van der Waals surface area (Å²) < 4.78 is 21.3. The first kappa shape index (κ1) is 16.9. The quantitative estimate of drug-likeness (QED) is 0.832. The zero-order chi connectivity index (χ0) is 15.8. The zero-order valence-corrected chi connectivity index (χ0v) is 15.1. The minimum absolute atomic E-state index is 0.0516. The van der Waals surface area contributed by atoms with Crippen LogP contribution in [0.2, 0.25) is 0 Å². The maximum atomic E-state index is 14.5. The van der Waals surface area contributed by atoms with E-state index < -0.39 is 0 Å². The zero-order valence-electron chi connectivity index (χ0n) is 13.5. The smallest absolute Gasteiger partial charge is 0.142 e. The summed E-state index contributed by atoms with van der Waals surface area (Å²) >= 11 is 3.29. The molecule has 1 saturated heterocycles. The van der Waals surface area contributed by atoms with Crippen molar-refractivity contribution < 1.29 is 9.13 Å². The van der Waals surface area contributed by atoms with Crippen LogP contribution in [0.4, 0.5) is 4.39 Å². The molecule has 0 aromatic heterocycles. The summed E-state index contributed by atoms with van der Waals surface area (Å²) in [7, 11) is 0. The summed E-state index contributed by atoms with van der Waals surface area (Å²) in [4.78, 5) is 0. The molecule has 2 nitrogen and oxygen atoms in total. The lowest BCUT2D eigenvalue weighted by atomic mass is 9.78. The standard InChI is InChI=1S/C17H25BrFNO/c1-6-20-15(11-8-7-9-13(18)14(11)19)12-10-16(2,3)21-17(12,4)5/h7-9,12,15,20H,6,10H2,1-5H3. The molecule has 0 saturated carbocycles. The summed E-state index contributed by atoms with van der Waals surface area (Å²) in [5.74, 6) is 0.0419. The van der Waals surface area contributed by atoms with Crippen molar-refractivity contribution in [2.75, 3.05) is 6.54 Å². The number of ether oxygens (including phenoxy) is 1. The number of hydrogen-bond donors (Lipinski definition) is 1. The molecule has 0 aliphatic carbocycles. The Kier molecular flexibility index (Phi) is 4.81. The molecule has 1 aromatic carbocycles. The molecule has 1 heterocycles. The van der Waals surface area contributed by atoms with Crippen molar-refractivity contribution in [1.29, 1.82) is 0 Å². The van der Waals surface area contributed by atoms with Gasteiger partial charge in [0.25, 0.3) is 0 Å². The lowest BCUT2D eigenvalue weighted by molar-refractivity contribution is -0.0779. The molecule has 1 aliphatic rings. The van der Waals surface area contributed by atoms with Gasteiger partial charge in [0.1, 0.15) is 5.82 Å². The molecular weight excluding hydrogens is 333 g/mol. The van der Waals surface area contributed by atoms with Gasteiger partial charge in [-0.2, -0.15) is 0 Å². The number of hydrogen-bond acceptors (Lipinski definition) is 2. The van der Waals surface area contributed by atoms with Crippen LogP contribution in [0, 0.1) is 11.7 Å². The van der Waals surface area contributed by atoms with Crippen molar-refractivity contribution in [3.05, 3.63) is 34.1 Å². The van der Waals surface area contributed by atoms with E-state index in [-0.39, 0.29) is 29.0 Å². The predicted molar refractivity (Wildman–Crippen MR) is 87.9 cm³/mol. The Bertz CT molecular complexity index is 516. The van der Waals surface area contributed by atoms with Gasteiger partial charge in [-0.3, -0.25) is 0 Å². The maximum Gasteiger partial charge on any atom is 0.142 e. The Morgan fingerprint density at radius 3 is 2.57 bits per heavy atom. The van der Waals surface area contributed by atoms with Crippen LogP contribution < -0.4 is 5.32 Å². The van der Waals surface area contributed by atoms with Gasteiger partial charge in [-0.1, -0.05) is 19.1 Å². The van der Waals surface area contributed by atoms with Crippen LogP contribution in [-0.4, -0.2) is 17.7 Å². The molecule has 0 spiro atoms. The van der Waals surface area contributed by atoms with E-state index in [0.717, 1.165) is 13.0 Å². The van der Waals surface area contributed by atoms with Gasteiger partial charge in [0.2, 0.25) is 0 Å². The van der Waals surface area contributed by atoms with Crippen LogP contribution in [0.25, 0.3) is 0 Å². The van der Waals surface area contributed by atoms with Crippen LogP contribution in [0.15, 0.2) is 22.7 Å². The molecule has 0 amide bonds. The summed E-state index contributed by atoms with van der Waals surface area (Å²) in [6, 6.07) is 5.45. The second-order valence-electron chi connectivity index (χ2n) is 6.95. The minimum atomic E-state index is -0.287. The first-order valence-corrected chi connectivity index (χ1v) is 8.35. The van der Waals surface area contributed by atoms with Crippen molar-refractivity contribution >= 4 is 15.9 Å². The van der Waals surface area contributed by atoms with Gasteiger partial charge in [0, 0.05) is 17.5 Å². The number of rotatable bonds is 4. The fourth-order valence-electron chi connectivity index (χ4n) is 3.57. The molecule has 21 heavy (non-hydrogen) atoms. The third kappa shape index (κ3) is 3.49. The number of benzene rings is 1. The summed E-state index contributed by atoms with van der Waals surface area (Å²) in [5.41, 5.74) is 0.251. The van der Waals surface area contributed by atoms with Gasteiger partial charge in [0.05, 0.1) is 15.7 Å². The van der Waals surface area contributed by atoms with Crippen molar-refractivity contribution in [2.45, 2.75) is 58.3 Å². The van der Waals surface area contributed by atoms with E-state index in [9.17, 15) is 4.39 Å². The van der Waals surface area contributed by atoms with Gasteiger partial charge >= 0.3 is 0 Å². The molecule has 2 rings (SSSR count). The van der Waals surface area contributed by atoms with Crippen molar-refractivity contribution in [3.63, 3.8) is 0 Å². The highest BCUT2D eigenvalue weighted by Gasteiger charge is 2.49. The van der Waals surface area contributed by atoms with Crippen LogP contribution in [0.3, 0.4) is 0 Å². The minimum Gasteiger partial charge on any atom is -0.369 e. The molecule has 1 aliphatic heterocycles. The Balaban J connectivity index is 2.42. The lowest BCUT2D eigenvalue weighted by Crippen LogP contribution is -2.39. The molecule has 4 heteroatoms. The SMILES string of the molecule is CCNC(c1cccc(Br)c1F)C1CC(C)(C)OC1(C)C. The molecule has 2 unspecified atom stereocenters. The number of nitrogens with one attached hydrogen (secondary N) is 1. The Hall–Kier alpha value is -0.450. The largest absolute Gasteiger partial charge is 0.369 e. The average Bonchev–Trinajstić information content (AvgIpc) is 2.58. The fraction of sp³-hybridized carbons (Fsp3) is 0.647. The summed E-state index contributed by atoms with van der Waals surface area (Å²) in [6.07, 6.45) is 0.906. The van der Waals surface area contributed by atoms with Crippen LogP contribution in [0.5, 0.6) is 0 Å². The van der Waals surface area contributed by atoms with Crippen molar-refractivity contribution in [3.8, 4) is 0 Å². The van der Waals surface area contributed by atoms with Crippen LogP contribution >= 0.6 is 15.9 Å². The second-order valence-corrected chi connectivity index (χ2v) is 7.81. The molecular formula is C17H25BrFNO. The highest BCUT2D eigenvalue weighted by Crippen LogP contribution is 2.48. The van der Waals surface area contributed by atoms with E-state index in [1.165, 1.54) is 0 Å². The van der Waals surface area contributed by atoms with Gasteiger partial charge in [-0.05, 0) is 62.7 Å². The Morgan fingerprint density at radius 1 is 1.38 bits per heavy atom. The van der Waals surface area contributed by atoms with Gasteiger partial charge in [0.15, 0.2) is 0 Å². The molecule has 0 radical (unpaired) electrons. The highest BCUT2D eigenvalue weighted by atomic mass is 79.9. The molecule has 0 bridgehead atoms. The van der Waals surface area contributed by atoms with Crippen LogP contribution in [0.1, 0.15) is 52.6 Å². The highest BCUT2D eigenvalue weighted by molar-refractivity contribution is 9.10. The normalized spacial score (nSPS) is 25.0. The van der Waals surface area contributed by atoms with Gasteiger partial charge in [-0.15, -0.1) is 0 Å². The third-order valence-electron chi connectivity index (χ3n) is 4.29. The van der Waals surface area contributed by atoms with E-state index in [4.69, 9.17) is 4.74 Å². The summed E-state index contributed by atoms with van der Waals surface area (Å²) in [6.45, 7) is 11.3.